The number of benzene rings is 1. The highest BCUT2D eigenvalue weighted by molar-refractivity contribution is 5.86. The monoisotopic (exact) mass is 508 g/mol. The summed E-state index contributed by atoms with van der Waals surface area (Å²) in [7, 11) is 0. The van der Waals surface area contributed by atoms with E-state index in [9.17, 15) is 27.9 Å². The first-order valence-electron chi connectivity index (χ1n) is 13.1. The van der Waals surface area contributed by atoms with Crippen LogP contribution >= 0.6 is 0 Å². The lowest BCUT2D eigenvalue weighted by Gasteiger charge is -2.43. The highest BCUT2D eigenvalue weighted by atomic mass is 19.4. The number of nitrogens with zero attached hydrogens (tertiary/aromatic N) is 4. The van der Waals surface area contributed by atoms with Crippen molar-refractivity contribution in [3.05, 3.63) is 29.8 Å². The van der Waals surface area contributed by atoms with Crippen LogP contribution in [0.4, 0.5) is 23.7 Å². The fourth-order valence-electron chi connectivity index (χ4n) is 6.46. The van der Waals surface area contributed by atoms with Crippen LogP contribution in [0, 0.1) is 5.41 Å². The molecule has 1 saturated carbocycles. The van der Waals surface area contributed by atoms with Gasteiger partial charge in [-0.2, -0.15) is 13.2 Å². The molecule has 3 aliphatic heterocycles. The van der Waals surface area contributed by atoms with Crippen molar-refractivity contribution in [2.24, 2.45) is 5.41 Å². The number of anilines is 1. The van der Waals surface area contributed by atoms with Crippen molar-refractivity contribution in [2.75, 3.05) is 50.7 Å². The molecule has 0 aromatic heterocycles. The number of likely N-dealkylation sites (tertiary alicyclic amines) is 2. The van der Waals surface area contributed by atoms with Crippen LogP contribution in [0.25, 0.3) is 0 Å². The third-order valence-corrected chi connectivity index (χ3v) is 8.61. The summed E-state index contributed by atoms with van der Waals surface area (Å²) in [6.07, 6.45) is 0.945. The van der Waals surface area contributed by atoms with Crippen LogP contribution in [-0.2, 0) is 11.0 Å². The molecule has 5 rings (SSSR count). The number of alkyl halides is 3. The minimum Gasteiger partial charge on any atom is -0.393 e. The molecule has 1 unspecified atom stereocenters. The van der Waals surface area contributed by atoms with Gasteiger partial charge in [-0.1, -0.05) is 0 Å². The maximum absolute atomic E-state index is 13.5. The lowest BCUT2D eigenvalue weighted by Crippen LogP contribution is -2.57. The molecule has 7 nitrogen and oxygen atoms in total. The first-order valence-corrected chi connectivity index (χ1v) is 13.1. The molecule has 4 fully saturated rings. The topological polar surface area (TPSA) is 67.3 Å². The predicted molar refractivity (Wildman–Crippen MR) is 128 cm³/mol. The van der Waals surface area contributed by atoms with Gasteiger partial charge in [-0.3, -0.25) is 4.79 Å². The highest BCUT2D eigenvalue weighted by Crippen LogP contribution is 2.42. The molecule has 1 aromatic carbocycles. The maximum atomic E-state index is 13.5. The van der Waals surface area contributed by atoms with Crippen molar-refractivity contribution in [3.8, 4) is 0 Å². The van der Waals surface area contributed by atoms with E-state index in [-0.39, 0.29) is 24.1 Å². The molecule has 1 aromatic rings. The zero-order valence-electron chi connectivity index (χ0n) is 20.6. The Morgan fingerprint density at radius 2 is 1.56 bits per heavy atom. The first kappa shape index (κ1) is 25.2. The summed E-state index contributed by atoms with van der Waals surface area (Å²) >= 11 is 0. The van der Waals surface area contributed by atoms with Gasteiger partial charge in [0.15, 0.2) is 0 Å². The Kier molecular flexibility index (Phi) is 6.82. The summed E-state index contributed by atoms with van der Waals surface area (Å²) in [4.78, 5) is 34.6. The summed E-state index contributed by atoms with van der Waals surface area (Å²) in [6, 6.07) is 5.31. The van der Waals surface area contributed by atoms with Crippen LogP contribution in [-0.4, -0.2) is 89.7 Å². The third-order valence-electron chi connectivity index (χ3n) is 8.61. The number of halogens is 3. The van der Waals surface area contributed by atoms with E-state index in [1.807, 2.05) is 14.7 Å². The molecular weight excluding hydrogens is 473 g/mol. The van der Waals surface area contributed by atoms with Gasteiger partial charge in [0.25, 0.3) is 0 Å². The van der Waals surface area contributed by atoms with Gasteiger partial charge in [0.05, 0.1) is 17.1 Å². The predicted octanol–water partition coefficient (Wildman–Crippen LogP) is 3.57. The van der Waals surface area contributed by atoms with Crippen LogP contribution < -0.4 is 4.90 Å². The molecule has 4 aliphatic rings. The van der Waals surface area contributed by atoms with Crippen molar-refractivity contribution >= 4 is 17.6 Å². The summed E-state index contributed by atoms with van der Waals surface area (Å²) in [5.74, 6) is 0.175. The van der Waals surface area contributed by atoms with E-state index in [0.29, 0.717) is 39.3 Å². The first-order chi connectivity index (χ1) is 17.2. The van der Waals surface area contributed by atoms with Gasteiger partial charge in [-0.15, -0.1) is 0 Å². The van der Waals surface area contributed by atoms with E-state index >= 15 is 0 Å². The van der Waals surface area contributed by atoms with E-state index in [1.54, 1.807) is 4.90 Å². The minimum absolute atomic E-state index is 0.0480. The number of rotatable bonds is 2. The smallest absolute Gasteiger partial charge is 0.393 e. The van der Waals surface area contributed by atoms with Crippen LogP contribution in [0.5, 0.6) is 0 Å². The van der Waals surface area contributed by atoms with Crippen LogP contribution in [0.3, 0.4) is 0 Å². The number of amides is 3. The van der Waals surface area contributed by atoms with Crippen LogP contribution in [0.1, 0.15) is 50.5 Å². The van der Waals surface area contributed by atoms with Gasteiger partial charge < -0.3 is 24.7 Å². The molecule has 0 radical (unpaired) electrons. The van der Waals surface area contributed by atoms with E-state index in [2.05, 4.69) is 0 Å². The van der Waals surface area contributed by atoms with Gasteiger partial charge in [-0.05, 0) is 69.2 Å². The van der Waals surface area contributed by atoms with Crippen molar-refractivity contribution in [3.63, 3.8) is 0 Å². The third kappa shape index (κ3) is 4.88. The summed E-state index contributed by atoms with van der Waals surface area (Å²) in [5.41, 5.74) is -0.439. The van der Waals surface area contributed by atoms with Crippen molar-refractivity contribution in [2.45, 2.75) is 63.3 Å². The standard InChI is InChI=1S/C26H35F3N4O3/c27-26(28,29)19-2-4-20(5-3-19)30-14-16-31(17-15-30)24(36)32-12-1-10-25(18-32)11-13-33(23(25)35)21-6-8-22(34)9-7-21/h2-5,21-22,34H,1,6-18H2/t21-,22-,25?. The lowest BCUT2D eigenvalue weighted by atomic mass is 9.78. The van der Waals surface area contributed by atoms with Crippen molar-refractivity contribution in [1.82, 2.24) is 14.7 Å². The highest BCUT2D eigenvalue weighted by Gasteiger charge is 2.51. The second kappa shape index (κ2) is 9.76. The Morgan fingerprint density at radius 3 is 2.19 bits per heavy atom. The van der Waals surface area contributed by atoms with E-state index in [0.717, 1.165) is 69.3 Å². The molecule has 3 saturated heterocycles. The zero-order chi connectivity index (χ0) is 25.5. The summed E-state index contributed by atoms with van der Waals surface area (Å²) in [5, 5.41) is 9.82. The van der Waals surface area contributed by atoms with Crippen LogP contribution in [0.15, 0.2) is 24.3 Å². The van der Waals surface area contributed by atoms with Gasteiger partial charge in [0.2, 0.25) is 5.91 Å². The molecule has 3 heterocycles. The largest absolute Gasteiger partial charge is 0.416 e. The number of aliphatic hydroxyl groups is 1. The Bertz CT molecular complexity index is 956. The molecule has 10 heteroatoms. The van der Waals surface area contributed by atoms with E-state index in [4.69, 9.17) is 0 Å². The average Bonchev–Trinajstić information content (AvgIpc) is 3.18. The van der Waals surface area contributed by atoms with Crippen LogP contribution in [0.2, 0.25) is 0 Å². The zero-order valence-corrected chi connectivity index (χ0v) is 20.6. The SMILES string of the molecule is O=C(N1CCN(c2ccc(C(F)(F)F)cc2)CC1)N1CCCC2(CCN([C@H]3CC[C@H](O)CC3)C2=O)C1. The molecular formula is C26H35F3N4O3. The Labute approximate surface area is 209 Å². The molecule has 1 N–H and O–H groups in total. The molecule has 1 aliphatic carbocycles. The number of hydrogen-bond donors (Lipinski definition) is 1. The molecule has 36 heavy (non-hydrogen) atoms. The number of carbonyl (C=O) groups is 2. The van der Waals surface area contributed by atoms with Crippen molar-refractivity contribution in [1.29, 1.82) is 0 Å². The fourth-order valence-corrected chi connectivity index (χ4v) is 6.46. The molecule has 3 amide bonds. The number of aliphatic hydroxyl groups excluding tert-OH is 1. The second-order valence-electron chi connectivity index (χ2n) is 10.8. The number of piperidine rings is 1. The lowest BCUT2D eigenvalue weighted by molar-refractivity contribution is -0.141. The second-order valence-corrected chi connectivity index (χ2v) is 10.8. The Hall–Kier alpha value is -2.49. The molecule has 1 atom stereocenters. The molecule has 0 bridgehead atoms. The van der Waals surface area contributed by atoms with Gasteiger partial charge in [0, 0.05) is 57.5 Å². The molecule has 1 spiro atoms. The van der Waals surface area contributed by atoms with E-state index in [1.165, 1.54) is 12.1 Å². The minimum atomic E-state index is -4.36. The normalized spacial score (nSPS) is 29.8. The summed E-state index contributed by atoms with van der Waals surface area (Å²) in [6.45, 7) is 3.92. The molecule has 198 valence electrons. The van der Waals surface area contributed by atoms with E-state index < -0.39 is 17.2 Å². The number of carbonyl (C=O) groups excluding carboxylic acids is 2. The quantitative estimate of drug-likeness (QED) is 0.664. The maximum Gasteiger partial charge on any atom is 0.416 e. The van der Waals surface area contributed by atoms with Gasteiger partial charge >= 0.3 is 12.2 Å². The fraction of sp³-hybridized carbons (Fsp3) is 0.692. The Morgan fingerprint density at radius 1 is 0.889 bits per heavy atom. The number of hydrogen-bond acceptors (Lipinski definition) is 4. The van der Waals surface area contributed by atoms with Crippen molar-refractivity contribution < 1.29 is 27.9 Å². The number of piperazine rings is 1. The van der Waals surface area contributed by atoms with Gasteiger partial charge in [-0.25, -0.2) is 4.79 Å². The Balaban J connectivity index is 1.17. The average molecular weight is 509 g/mol. The number of urea groups is 1. The van der Waals surface area contributed by atoms with Gasteiger partial charge in [0.1, 0.15) is 0 Å². The summed E-state index contributed by atoms with van der Waals surface area (Å²) < 4.78 is 38.5.